The first kappa shape index (κ1) is 15.1. The van der Waals surface area contributed by atoms with Crippen molar-refractivity contribution >= 4 is 22.7 Å². The van der Waals surface area contributed by atoms with Crippen molar-refractivity contribution in [3.8, 4) is 0 Å². The Balaban J connectivity index is 1.55. The summed E-state index contributed by atoms with van der Waals surface area (Å²) in [7, 11) is 0. The number of thiophene rings is 2. The lowest BCUT2D eigenvalue weighted by atomic mass is 9.98. The predicted octanol–water partition coefficient (Wildman–Crippen LogP) is 3.01. The van der Waals surface area contributed by atoms with Gasteiger partial charge in [0.15, 0.2) is 0 Å². The Morgan fingerprint density at radius 3 is 2.96 bits per heavy atom. The Morgan fingerprint density at radius 2 is 2.17 bits per heavy atom. The van der Waals surface area contributed by atoms with Crippen molar-refractivity contribution in [1.82, 2.24) is 14.7 Å². The minimum atomic E-state index is -0.419. The van der Waals surface area contributed by atoms with Crippen LogP contribution in [0.1, 0.15) is 21.4 Å². The molecule has 0 saturated heterocycles. The van der Waals surface area contributed by atoms with Crippen molar-refractivity contribution < 1.29 is 5.11 Å². The normalized spacial score (nSPS) is 19.6. The van der Waals surface area contributed by atoms with Gasteiger partial charge in [0.25, 0.3) is 0 Å². The van der Waals surface area contributed by atoms with E-state index in [0.717, 1.165) is 13.0 Å². The minimum absolute atomic E-state index is 0.275. The summed E-state index contributed by atoms with van der Waals surface area (Å²) in [5.74, 6) is 0. The van der Waals surface area contributed by atoms with Crippen LogP contribution in [0.2, 0.25) is 0 Å². The van der Waals surface area contributed by atoms with Crippen LogP contribution in [0.25, 0.3) is 0 Å². The molecule has 0 radical (unpaired) electrons. The molecule has 0 aliphatic carbocycles. The molecule has 0 amide bonds. The van der Waals surface area contributed by atoms with Crippen LogP contribution in [-0.4, -0.2) is 39.0 Å². The first-order chi connectivity index (χ1) is 11.3. The van der Waals surface area contributed by atoms with Gasteiger partial charge < -0.3 is 5.11 Å². The summed E-state index contributed by atoms with van der Waals surface area (Å²) >= 11 is 3.65. The van der Waals surface area contributed by atoms with Crippen LogP contribution in [0.4, 0.5) is 0 Å². The molecule has 1 aliphatic heterocycles. The molecule has 3 aromatic heterocycles. The molecule has 0 bridgehead atoms. The topological polar surface area (TPSA) is 41.3 Å². The zero-order valence-corrected chi connectivity index (χ0v) is 14.3. The van der Waals surface area contributed by atoms with Crippen molar-refractivity contribution in [2.24, 2.45) is 0 Å². The van der Waals surface area contributed by atoms with Gasteiger partial charge in [0.2, 0.25) is 0 Å². The van der Waals surface area contributed by atoms with Crippen molar-refractivity contribution in [3.05, 3.63) is 62.7 Å². The number of aliphatic hydroxyl groups is 1. The van der Waals surface area contributed by atoms with E-state index in [1.165, 1.54) is 15.3 Å². The molecule has 0 saturated carbocycles. The van der Waals surface area contributed by atoms with Gasteiger partial charge in [-0.3, -0.25) is 9.58 Å². The first-order valence-electron chi connectivity index (χ1n) is 7.80. The average molecular weight is 345 g/mol. The van der Waals surface area contributed by atoms with Gasteiger partial charge >= 0.3 is 0 Å². The molecule has 120 valence electrons. The second-order valence-electron chi connectivity index (χ2n) is 5.84. The molecule has 4 rings (SSSR count). The molecular weight excluding hydrogens is 326 g/mol. The fraction of sp³-hybridized carbons (Fsp3) is 0.353. The lowest BCUT2D eigenvalue weighted by Gasteiger charge is -2.36. The van der Waals surface area contributed by atoms with E-state index in [1.807, 2.05) is 23.6 Å². The number of aliphatic hydroxyl groups excluding tert-OH is 1. The summed E-state index contributed by atoms with van der Waals surface area (Å²) in [5, 5.41) is 19.0. The number of hydrogen-bond donors (Lipinski definition) is 1. The zero-order valence-electron chi connectivity index (χ0n) is 12.7. The van der Waals surface area contributed by atoms with Crippen LogP contribution in [0, 0.1) is 0 Å². The molecule has 3 aromatic rings. The van der Waals surface area contributed by atoms with Gasteiger partial charge in [0.1, 0.15) is 0 Å². The number of aromatic nitrogens is 2. The van der Waals surface area contributed by atoms with E-state index < -0.39 is 6.10 Å². The number of fused-ring (bicyclic) bond motifs is 1. The van der Waals surface area contributed by atoms with E-state index in [0.29, 0.717) is 13.1 Å². The molecule has 0 fully saturated rings. The van der Waals surface area contributed by atoms with Crippen molar-refractivity contribution in [3.63, 3.8) is 0 Å². The fourth-order valence-electron chi connectivity index (χ4n) is 3.30. The van der Waals surface area contributed by atoms with E-state index in [-0.39, 0.29) is 6.04 Å². The molecule has 4 heterocycles. The molecular formula is C17H19N3OS2. The molecule has 0 aromatic carbocycles. The second-order valence-corrected chi connectivity index (χ2v) is 7.82. The highest BCUT2D eigenvalue weighted by molar-refractivity contribution is 7.10. The number of rotatable bonds is 5. The summed E-state index contributed by atoms with van der Waals surface area (Å²) in [6.07, 6.45) is 4.30. The number of hydrogen-bond acceptors (Lipinski definition) is 5. The van der Waals surface area contributed by atoms with Crippen LogP contribution in [0.3, 0.4) is 0 Å². The van der Waals surface area contributed by atoms with E-state index in [4.69, 9.17) is 0 Å². The predicted molar refractivity (Wildman–Crippen MR) is 94.0 cm³/mol. The fourth-order valence-corrected chi connectivity index (χ4v) is 5.08. The van der Waals surface area contributed by atoms with Gasteiger partial charge in [-0.2, -0.15) is 5.10 Å². The largest absolute Gasteiger partial charge is 0.390 e. The minimum Gasteiger partial charge on any atom is -0.390 e. The lowest BCUT2D eigenvalue weighted by molar-refractivity contribution is 0.0787. The average Bonchev–Trinajstić information content (AvgIpc) is 3.29. The maximum absolute atomic E-state index is 10.5. The van der Waals surface area contributed by atoms with Crippen molar-refractivity contribution in [2.75, 3.05) is 13.1 Å². The van der Waals surface area contributed by atoms with Gasteiger partial charge in [-0.05, 0) is 40.9 Å². The highest BCUT2D eigenvalue weighted by atomic mass is 32.1. The van der Waals surface area contributed by atoms with Gasteiger partial charge in [-0.25, -0.2) is 0 Å². The smallest absolute Gasteiger partial charge is 0.0863 e. The Bertz CT molecular complexity index is 736. The molecule has 2 atom stereocenters. The van der Waals surface area contributed by atoms with E-state index in [2.05, 4.69) is 39.0 Å². The molecule has 23 heavy (non-hydrogen) atoms. The zero-order chi connectivity index (χ0) is 15.6. The van der Waals surface area contributed by atoms with Gasteiger partial charge in [0.05, 0.1) is 18.7 Å². The van der Waals surface area contributed by atoms with Crippen LogP contribution in [-0.2, 0) is 13.0 Å². The summed E-state index contributed by atoms with van der Waals surface area (Å²) in [4.78, 5) is 5.26. The van der Waals surface area contributed by atoms with Crippen LogP contribution in [0.15, 0.2) is 47.4 Å². The second kappa shape index (κ2) is 6.57. The Labute approximate surface area is 143 Å². The summed E-state index contributed by atoms with van der Waals surface area (Å²) in [5.41, 5.74) is 1.41. The molecule has 1 aliphatic rings. The van der Waals surface area contributed by atoms with Gasteiger partial charge in [0, 0.05) is 35.2 Å². The van der Waals surface area contributed by atoms with Crippen molar-refractivity contribution in [1.29, 1.82) is 0 Å². The Hall–Kier alpha value is -1.47. The SMILES string of the molecule is O[C@H](CN1CCc2sccc2[C@@H]1c1cccs1)Cn1cccn1. The highest BCUT2D eigenvalue weighted by Crippen LogP contribution is 2.39. The summed E-state index contributed by atoms with van der Waals surface area (Å²) < 4.78 is 1.80. The van der Waals surface area contributed by atoms with E-state index in [1.54, 1.807) is 22.2 Å². The summed E-state index contributed by atoms with van der Waals surface area (Å²) in [6.45, 7) is 2.20. The Kier molecular flexibility index (Phi) is 4.31. The molecule has 0 spiro atoms. The summed E-state index contributed by atoms with van der Waals surface area (Å²) in [6, 6.07) is 8.72. The standard InChI is InChI=1S/C17H19N3OS2/c21-13(12-20-7-2-6-18-20)11-19-8-4-15-14(5-10-23-15)17(19)16-3-1-9-22-16/h1-3,5-7,9-10,13,17,21H,4,8,11-12H2/t13-,17-/m1/s1. The quantitative estimate of drug-likeness (QED) is 0.773. The van der Waals surface area contributed by atoms with E-state index in [9.17, 15) is 5.11 Å². The van der Waals surface area contributed by atoms with Gasteiger partial charge in [-0.15, -0.1) is 22.7 Å². The molecule has 4 nitrogen and oxygen atoms in total. The number of β-amino-alcohol motifs (C(OH)–C–C–N with tert-alkyl or cyclic N) is 1. The molecule has 1 N–H and O–H groups in total. The Morgan fingerprint density at radius 1 is 1.22 bits per heavy atom. The van der Waals surface area contributed by atoms with Gasteiger partial charge in [-0.1, -0.05) is 6.07 Å². The number of nitrogens with zero attached hydrogens (tertiary/aromatic N) is 3. The third-order valence-corrected chi connectivity index (χ3v) is 6.20. The maximum Gasteiger partial charge on any atom is 0.0863 e. The monoisotopic (exact) mass is 345 g/mol. The lowest BCUT2D eigenvalue weighted by Crippen LogP contribution is -2.41. The first-order valence-corrected chi connectivity index (χ1v) is 9.56. The van der Waals surface area contributed by atoms with Crippen LogP contribution >= 0.6 is 22.7 Å². The third-order valence-electron chi connectivity index (χ3n) is 4.28. The molecule has 6 heteroatoms. The maximum atomic E-state index is 10.5. The van der Waals surface area contributed by atoms with E-state index >= 15 is 0 Å². The highest BCUT2D eigenvalue weighted by Gasteiger charge is 2.31. The van der Waals surface area contributed by atoms with Crippen molar-refractivity contribution in [2.45, 2.75) is 25.1 Å². The van der Waals surface area contributed by atoms with Crippen LogP contribution in [0.5, 0.6) is 0 Å². The molecule has 0 unspecified atom stereocenters. The van der Waals surface area contributed by atoms with Crippen LogP contribution < -0.4 is 0 Å². The third kappa shape index (κ3) is 3.12.